The lowest BCUT2D eigenvalue weighted by Crippen LogP contribution is -2.29. The number of nitrogens with zero attached hydrogens (tertiary/aromatic N) is 2. The van der Waals surface area contributed by atoms with Crippen LogP contribution in [-0.2, 0) is 6.18 Å². The van der Waals surface area contributed by atoms with Gasteiger partial charge in [0.05, 0.1) is 27.7 Å². The van der Waals surface area contributed by atoms with E-state index in [4.69, 9.17) is 5.41 Å². The summed E-state index contributed by atoms with van der Waals surface area (Å²) in [4.78, 5) is 28.3. The average Bonchev–Trinajstić information content (AvgIpc) is 2.98. The number of aromatic amines is 1. The molecule has 2 heterocycles. The van der Waals surface area contributed by atoms with Gasteiger partial charge in [-0.1, -0.05) is 0 Å². The zero-order valence-corrected chi connectivity index (χ0v) is 14.5. The van der Waals surface area contributed by atoms with Crippen LogP contribution in [0.1, 0.15) is 18.1 Å². The first-order valence-electron chi connectivity index (χ1n) is 8.13. The number of rotatable bonds is 4. The Morgan fingerprint density at radius 3 is 2.57 bits per heavy atom. The number of urea groups is 1. The smallest absolute Gasteiger partial charge is 0.338 e. The number of H-pyrrole nitrogens is 1. The second-order valence-electron chi connectivity index (χ2n) is 5.73. The van der Waals surface area contributed by atoms with Gasteiger partial charge in [0.15, 0.2) is 0 Å². The third-order valence-electron chi connectivity index (χ3n) is 3.94. The predicted molar refractivity (Wildman–Crippen MR) is 97.3 cm³/mol. The van der Waals surface area contributed by atoms with Crippen LogP contribution in [-0.4, -0.2) is 33.6 Å². The van der Waals surface area contributed by atoms with Crippen molar-refractivity contribution in [2.45, 2.75) is 13.1 Å². The third kappa shape index (κ3) is 3.46. The van der Waals surface area contributed by atoms with Gasteiger partial charge in [-0.25, -0.2) is 14.5 Å². The Morgan fingerprint density at radius 1 is 1.32 bits per heavy atom. The zero-order valence-electron chi connectivity index (χ0n) is 14.5. The molecule has 4 N–H and O–H groups in total. The predicted octanol–water partition coefficient (Wildman–Crippen LogP) is 2.87. The lowest BCUT2D eigenvalue weighted by Gasteiger charge is -2.08. The summed E-state index contributed by atoms with van der Waals surface area (Å²) < 4.78 is 39.2. The average molecular weight is 392 g/mol. The summed E-state index contributed by atoms with van der Waals surface area (Å²) >= 11 is 0. The number of benzene rings is 1. The van der Waals surface area contributed by atoms with E-state index >= 15 is 0 Å². The Kier molecular flexibility index (Phi) is 4.91. The van der Waals surface area contributed by atoms with E-state index in [0.29, 0.717) is 6.54 Å². The van der Waals surface area contributed by atoms with E-state index < -0.39 is 23.3 Å². The number of hydrogen-bond acceptors (Lipinski definition) is 4. The van der Waals surface area contributed by atoms with Gasteiger partial charge in [0.25, 0.3) is 5.56 Å². The lowest BCUT2D eigenvalue weighted by molar-refractivity contribution is -0.137. The number of nitrogens with one attached hydrogen (secondary N) is 4. The first kappa shape index (κ1) is 19.1. The number of hydrogen-bond donors (Lipinski definition) is 4. The minimum Gasteiger partial charge on any atom is -0.338 e. The SMILES string of the molecule is CCNC(=O)Nc1ncc2c(=O)n(-c3ccc(C(F)(F)F)cc3)[nH]c2c1C=N. The van der Waals surface area contributed by atoms with Crippen molar-refractivity contribution in [3.8, 4) is 5.69 Å². The number of carbonyl (C=O) groups excluding carboxylic acids is 1. The fraction of sp³-hybridized carbons (Fsp3) is 0.176. The number of halogens is 3. The largest absolute Gasteiger partial charge is 0.416 e. The Hall–Kier alpha value is -3.63. The van der Waals surface area contributed by atoms with E-state index in [0.717, 1.165) is 35.2 Å². The maximum absolute atomic E-state index is 12.7. The summed E-state index contributed by atoms with van der Waals surface area (Å²) in [5.74, 6) is 0.0641. The van der Waals surface area contributed by atoms with Crippen molar-refractivity contribution in [3.05, 3.63) is 51.9 Å². The summed E-state index contributed by atoms with van der Waals surface area (Å²) in [5.41, 5.74) is -0.817. The normalized spacial score (nSPS) is 11.4. The van der Waals surface area contributed by atoms with Crippen LogP contribution >= 0.6 is 0 Å². The Bertz CT molecular complexity index is 1100. The van der Waals surface area contributed by atoms with Crippen LogP contribution in [0.5, 0.6) is 0 Å². The molecule has 11 heteroatoms. The van der Waals surface area contributed by atoms with Crippen molar-refractivity contribution < 1.29 is 18.0 Å². The fourth-order valence-corrected chi connectivity index (χ4v) is 2.63. The lowest BCUT2D eigenvalue weighted by atomic mass is 10.2. The summed E-state index contributed by atoms with van der Waals surface area (Å²) in [6, 6.07) is 3.52. The first-order chi connectivity index (χ1) is 13.3. The molecule has 8 nitrogen and oxygen atoms in total. The minimum absolute atomic E-state index is 0.0641. The van der Waals surface area contributed by atoms with E-state index in [2.05, 4.69) is 20.7 Å². The van der Waals surface area contributed by atoms with E-state index in [1.807, 2.05) is 0 Å². The number of fused-ring (bicyclic) bond motifs is 1. The van der Waals surface area contributed by atoms with Crippen LogP contribution in [0.25, 0.3) is 16.6 Å². The molecule has 0 radical (unpaired) electrons. The Balaban J connectivity index is 2.09. The fourth-order valence-electron chi connectivity index (χ4n) is 2.63. The summed E-state index contributed by atoms with van der Waals surface area (Å²) in [7, 11) is 0. The topological polar surface area (TPSA) is 116 Å². The molecule has 146 valence electrons. The van der Waals surface area contributed by atoms with Crippen molar-refractivity contribution >= 4 is 29.0 Å². The Labute approximate surface area is 155 Å². The second-order valence-corrected chi connectivity index (χ2v) is 5.73. The van der Waals surface area contributed by atoms with Crippen molar-refractivity contribution in [1.82, 2.24) is 20.1 Å². The highest BCUT2D eigenvalue weighted by molar-refractivity contribution is 6.04. The van der Waals surface area contributed by atoms with Crippen LogP contribution in [0.3, 0.4) is 0 Å². The number of alkyl halides is 3. The minimum atomic E-state index is -4.49. The van der Waals surface area contributed by atoms with Crippen LogP contribution in [0, 0.1) is 5.41 Å². The molecular formula is C17H15F3N6O2. The zero-order chi connectivity index (χ0) is 20.5. The van der Waals surface area contributed by atoms with Crippen molar-refractivity contribution in [2.75, 3.05) is 11.9 Å². The highest BCUT2D eigenvalue weighted by atomic mass is 19.4. The van der Waals surface area contributed by atoms with Crippen molar-refractivity contribution in [3.63, 3.8) is 0 Å². The van der Waals surface area contributed by atoms with Gasteiger partial charge in [-0.3, -0.25) is 15.2 Å². The number of anilines is 1. The summed E-state index contributed by atoms with van der Waals surface area (Å²) in [6.45, 7) is 2.12. The van der Waals surface area contributed by atoms with Gasteiger partial charge in [0.2, 0.25) is 0 Å². The highest BCUT2D eigenvalue weighted by Gasteiger charge is 2.30. The second kappa shape index (κ2) is 7.18. The maximum atomic E-state index is 12.7. The molecule has 0 unspecified atom stereocenters. The molecule has 0 aliphatic carbocycles. The molecule has 0 fully saturated rings. The molecule has 28 heavy (non-hydrogen) atoms. The molecule has 1 aromatic carbocycles. The molecule has 0 aliphatic heterocycles. The van der Waals surface area contributed by atoms with Gasteiger partial charge in [-0.15, -0.1) is 0 Å². The molecule has 0 aliphatic rings. The first-order valence-corrected chi connectivity index (χ1v) is 8.13. The van der Waals surface area contributed by atoms with Gasteiger partial charge in [0, 0.05) is 19.0 Å². The molecule has 3 rings (SSSR count). The maximum Gasteiger partial charge on any atom is 0.416 e. The van der Waals surface area contributed by atoms with Gasteiger partial charge < -0.3 is 10.7 Å². The molecule has 0 bridgehead atoms. The number of pyridine rings is 1. The van der Waals surface area contributed by atoms with Gasteiger partial charge >= 0.3 is 12.2 Å². The molecule has 2 amide bonds. The van der Waals surface area contributed by atoms with Crippen LogP contribution in [0.4, 0.5) is 23.8 Å². The van der Waals surface area contributed by atoms with E-state index in [9.17, 15) is 22.8 Å². The highest BCUT2D eigenvalue weighted by Crippen LogP contribution is 2.29. The molecule has 0 atom stereocenters. The van der Waals surface area contributed by atoms with Gasteiger partial charge in [-0.2, -0.15) is 13.2 Å². The summed E-state index contributed by atoms with van der Waals surface area (Å²) in [6.07, 6.45) is -2.34. The van der Waals surface area contributed by atoms with Crippen LogP contribution < -0.4 is 16.2 Å². The van der Waals surface area contributed by atoms with Crippen LogP contribution in [0.2, 0.25) is 0 Å². The van der Waals surface area contributed by atoms with E-state index in [1.165, 1.54) is 6.20 Å². The standard InChI is InChI=1S/C17H15F3N6O2/c1-2-22-16(28)24-14-11(7-21)13-12(8-23-14)15(27)26(25-13)10-5-3-9(4-6-10)17(18,19)20/h3-8,21,25H,2H2,1H3,(H2,22,23,24,28). The molecule has 0 saturated carbocycles. The molecule has 0 saturated heterocycles. The van der Waals surface area contributed by atoms with Crippen molar-refractivity contribution in [2.24, 2.45) is 0 Å². The quantitative estimate of drug-likeness (QED) is 0.512. The van der Waals surface area contributed by atoms with Gasteiger partial charge in [-0.05, 0) is 31.2 Å². The molecule has 2 aromatic heterocycles. The number of carbonyl (C=O) groups is 1. The molecule has 0 spiro atoms. The third-order valence-corrected chi connectivity index (χ3v) is 3.94. The van der Waals surface area contributed by atoms with Gasteiger partial charge in [0.1, 0.15) is 5.82 Å². The number of amides is 2. The van der Waals surface area contributed by atoms with Crippen molar-refractivity contribution in [1.29, 1.82) is 5.41 Å². The summed E-state index contributed by atoms with van der Waals surface area (Å²) in [5, 5.41) is 15.5. The van der Waals surface area contributed by atoms with E-state index in [1.54, 1.807) is 6.92 Å². The number of aromatic nitrogens is 3. The van der Waals surface area contributed by atoms with E-state index in [-0.39, 0.29) is 28.0 Å². The Morgan fingerprint density at radius 2 is 2.00 bits per heavy atom. The monoisotopic (exact) mass is 392 g/mol. The molecular weight excluding hydrogens is 377 g/mol. The van der Waals surface area contributed by atoms with Crippen LogP contribution in [0.15, 0.2) is 35.3 Å². The molecule has 3 aromatic rings.